The van der Waals surface area contributed by atoms with Crippen molar-refractivity contribution < 1.29 is 8.78 Å². The van der Waals surface area contributed by atoms with E-state index in [0.29, 0.717) is 12.1 Å². The van der Waals surface area contributed by atoms with Gasteiger partial charge in [-0.25, -0.2) is 8.78 Å². The zero-order valence-electron chi connectivity index (χ0n) is 8.71. The van der Waals surface area contributed by atoms with Gasteiger partial charge in [-0.3, -0.25) is 0 Å². The van der Waals surface area contributed by atoms with Crippen molar-refractivity contribution in [2.75, 3.05) is 5.32 Å². The fourth-order valence-electron chi connectivity index (χ4n) is 1.35. The van der Waals surface area contributed by atoms with Crippen molar-refractivity contribution in [3.63, 3.8) is 0 Å². The molecule has 86 valence electrons. The third kappa shape index (κ3) is 2.60. The summed E-state index contributed by atoms with van der Waals surface area (Å²) in [5.41, 5.74) is 0.698. The second-order valence-corrected chi connectivity index (χ2v) is 4.36. The largest absolute Gasteiger partial charge is 0.378 e. The molecule has 0 atom stereocenters. The predicted molar refractivity (Wildman–Crippen MR) is 62.7 cm³/mol. The number of anilines is 1. The highest BCUT2D eigenvalue weighted by Gasteiger charge is 2.07. The van der Waals surface area contributed by atoms with E-state index in [1.165, 1.54) is 23.5 Å². The number of halogens is 2. The Morgan fingerprint density at radius 1 is 1.35 bits per heavy atom. The average molecular weight is 250 g/mol. The Morgan fingerprint density at radius 3 is 2.88 bits per heavy atom. The molecule has 1 N–H and O–H groups in total. The molecule has 2 aromatic rings. The van der Waals surface area contributed by atoms with Crippen LogP contribution in [0.15, 0.2) is 29.6 Å². The first-order chi connectivity index (χ1) is 8.20. The second kappa shape index (κ2) is 4.93. The Kier molecular flexibility index (Phi) is 3.35. The number of hydrogen-bond donors (Lipinski definition) is 1. The summed E-state index contributed by atoms with van der Waals surface area (Å²) in [6, 6.07) is 7.71. The van der Waals surface area contributed by atoms with Crippen LogP contribution in [0.1, 0.15) is 10.4 Å². The molecule has 1 heterocycles. The number of nitrogens with zero attached hydrogens (tertiary/aromatic N) is 1. The molecule has 0 bridgehead atoms. The van der Waals surface area contributed by atoms with Crippen LogP contribution in [0.4, 0.5) is 14.5 Å². The highest BCUT2D eigenvalue weighted by atomic mass is 32.1. The zero-order valence-corrected chi connectivity index (χ0v) is 9.52. The predicted octanol–water partition coefficient (Wildman–Crippen LogP) is 3.51. The normalized spacial score (nSPS) is 9.94. The van der Waals surface area contributed by atoms with Crippen molar-refractivity contribution in [3.8, 4) is 6.07 Å². The molecular weight excluding hydrogens is 242 g/mol. The van der Waals surface area contributed by atoms with Crippen LogP contribution in [0.25, 0.3) is 0 Å². The Bertz CT molecular complexity index is 572. The first kappa shape index (κ1) is 11.6. The van der Waals surface area contributed by atoms with E-state index in [9.17, 15) is 8.78 Å². The van der Waals surface area contributed by atoms with Crippen molar-refractivity contribution in [3.05, 3.63) is 51.7 Å². The second-order valence-electron chi connectivity index (χ2n) is 3.37. The van der Waals surface area contributed by atoms with E-state index in [2.05, 4.69) is 5.32 Å². The van der Waals surface area contributed by atoms with Gasteiger partial charge in [-0.2, -0.15) is 5.26 Å². The van der Waals surface area contributed by atoms with Crippen molar-refractivity contribution in [2.45, 2.75) is 6.54 Å². The molecule has 0 saturated carbocycles. The lowest BCUT2D eigenvalue weighted by molar-refractivity contribution is 0.511. The summed E-state index contributed by atoms with van der Waals surface area (Å²) in [4.78, 5) is 0.894. The van der Waals surface area contributed by atoms with Gasteiger partial charge in [0.25, 0.3) is 0 Å². The summed E-state index contributed by atoms with van der Waals surface area (Å²) in [5.74, 6) is -1.76. The van der Waals surface area contributed by atoms with Crippen LogP contribution in [0.5, 0.6) is 0 Å². The van der Waals surface area contributed by atoms with Gasteiger partial charge in [0.15, 0.2) is 11.6 Å². The minimum Gasteiger partial charge on any atom is -0.378 e. The van der Waals surface area contributed by atoms with E-state index in [0.717, 1.165) is 10.9 Å². The minimum absolute atomic E-state index is 0.122. The third-order valence-corrected chi connectivity index (χ3v) is 3.12. The van der Waals surface area contributed by atoms with E-state index in [1.54, 1.807) is 11.4 Å². The molecule has 0 saturated heterocycles. The molecule has 0 fully saturated rings. The van der Waals surface area contributed by atoms with E-state index in [1.807, 2.05) is 6.07 Å². The van der Waals surface area contributed by atoms with Crippen LogP contribution in [-0.2, 0) is 6.54 Å². The van der Waals surface area contributed by atoms with Crippen LogP contribution >= 0.6 is 11.3 Å². The van der Waals surface area contributed by atoms with Crippen molar-refractivity contribution in [1.29, 1.82) is 5.26 Å². The molecule has 0 amide bonds. The van der Waals surface area contributed by atoms with Gasteiger partial charge in [0.05, 0.1) is 11.3 Å². The SMILES string of the molecule is N#Cc1csc(CNc2cccc(F)c2F)c1. The van der Waals surface area contributed by atoms with Gasteiger partial charge in [0.1, 0.15) is 6.07 Å². The van der Waals surface area contributed by atoms with E-state index < -0.39 is 11.6 Å². The zero-order chi connectivity index (χ0) is 12.3. The monoisotopic (exact) mass is 250 g/mol. The lowest BCUT2D eigenvalue weighted by Gasteiger charge is -2.06. The number of benzene rings is 1. The summed E-state index contributed by atoms with van der Waals surface area (Å²) in [6.45, 7) is 0.368. The van der Waals surface area contributed by atoms with Crippen LogP contribution in [0, 0.1) is 23.0 Å². The summed E-state index contributed by atoms with van der Waals surface area (Å²) in [6.07, 6.45) is 0. The number of nitrogens with one attached hydrogen (secondary N) is 1. The number of nitriles is 1. The minimum atomic E-state index is -0.885. The maximum atomic E-state index is 13.3. The molecule has 0 unspecified atom stereocenters. The number of rotatable bonds is 3. The molecular formula is C12H8F2N2S. The van der Waals surface area contributed by atoms with Gasteiger partial charge in [0, 0.05) is 16.8 Å². The van der Waals surface area contributed by atoms with Crippen molar-refractivity contribution >= 4 is 17.0 Å². The average Bonchev–Trinajstić information content (AvgIpc) is 2.79. The molecule has 2 rings (SSSR count). The third-order valence-electron chi connectivity index (χ3n) is 2.19. The first-order valence-corrected chi connectivity index (χ1v) is 5.74. The van der Waals surface area contributed by atoms with Gasteiger partial charge in [-0.15, -0.1) is 11.3 Å². The molecule has 0 aliphatic heterocycles. The lowest BCUT2D eigenvalue weighted by Crippen LogP contribution is -2.01. The van der Waals surface area contributed by atoms with Crippen LogP contribution in [-0.4, -0.2) is 0 Å². The maximum Gasteiger partial charge on any atom is 0.181 e. The van der Waals surface area contributed by atoms with Crippen LogP contribution in [0.3, 0.4) is 0 Å². The standard InChI is InChI=1S/C12H8F2N2S/c13-10-2-1-3-11(12(10)14)16-6-9-4-8(5-15)7-17-9/h1-4,7,16H,6H2. The molecule has 1 aromatic carbocycles. The van der Waals surface area contributed by atoms with E-state index >= 15 is 0 Å². The first-order valence-electron chi connectivity index (χ1n) is 4.86. The Hall–Kier alpha value is -1.93. The smallest absolute Gasteiger partial charge is 0.181 e. The molecule has 1 aromatic heterocycles. The quantitative estimate of drug-likeness (QED) is 0.904. The topological polar surface area (TPSA) is 35.8 Å². The molecule has 2 nitrogen and oxygen atoms in total. The van der Waals surface area contributed by atoms with Crippen molar-refractivity contribution in [1.82, 2.24) is 0 Å². The molecule has 0 aliphatic rings. The molecule has 5 heteroatoms. The summed E-state index contributed by atoms with van der Waals surface area (Å²) >= 11 is 1.40. The Balaban J connectivity index is 2.07. The number of hydrogen-bond acceptors (Lipinski definition) is 3. The summed E-state index contributed by atoms with van der Waals surface area (Å²) in [7, 11) is 0. The lowest BCUT2D eigenvalue weighted by atomic mass is 10.3. The maximum absolute atomic E-state index is 13.3. The molecule has 17 heavy (non-hydrogen) atoms. The molecule has 0 aliphatic carbocycles. The van der Waals surface area contributed by atoms with E-state index in [4.69, 9.17) is 5.26 Å². The van der Waals surface area contributed by atoms with Gasteiger partial charge < -0.3 is 5.32 Å². The Morgan fingerprint density at radius 2 is 2.18 bits per heavy atom. The van der Waals surface area contributed by atoms with E-state index in [-0.39, 0.29) is 5.69 Å². The fourth-order valence-corrected chi connectivity index (χ4v) is 2.10. The van der Waals surface area contributed by atoms with Gasteiger partial charge in [-0.1, -0.05) is 6.07 Å². The summed E-state index contributed by atoms with van der Waals surface area (Å²) < 4.78 is 26.2. The highest BCUT2D eigenvalue weighted by Crippen LogP contribution is 2.19. The highest BCUT2D eigenvalue weighted by molar-refractivity contribution is 7.10. The van der Waals surface area contributed by atoms with Gasteiger partial charge in [0.2, 0.25) is 0 Å². The Labute approximate surface area is 101 Å². The van der Waals surface area contributed by atoms with Gasteiger partial charge >= 0.3 is 0 Å². The van der Waals surface area contributed by atoms with Crippen LogP contribution in [0.2, 0.25) is 0 Å². The van der Waals surface area contributed by atoms with Gasteiger partial charge in [-0.05, 0) is 18.2 Å². The summed E-state index contributed by atoms with van der Waals surface area (Å²) in [5, 5.41) is 13.2. The fraction of sp³-hybridized carbons (Fsp3) is 0.0833. The molecule has 0 radical (unpaired) electrons. The van der Waals surface area contributed by atoms with Crippen molar-refractivity contribution in [2.24, 2.45) is 0 Å². The van der Waals surface area contributed by atoms with Crippen LogP contribution < -0.4 is 5.32 Å². The number of thiophene rings is 1. The molecule has 0 spiro atoms.